The predicted octanol–water partition coefficient (Wildman–Crippen LogP) is 3.09. The van der Waals surface area contributed by atoms with Gasteiger partial charge in [0.15, 0.2) is 0 Å². The zero-order valence-corrected chi connectivity index (χ0v) is 13.6. The Morgan fingerprint density at radius 3 is 2.46 bits per heavy atom. The van der Waals surface area contributed by atoms with Crippen LogP contribution in [0.3, 0.4) is 0 Å². The van der Waals surface area contributed by atoms with Crippen molar-refractivity contribution in [3.8, 4) is 5.75 Å². The number of nitrogens with one attached hydrogen (secondary N) is 1. The van der Waals surface area contributed by atoms with E-state index in [4.69, 9.17) is 9.84 Å². The molecule has 0 aliphatic heterocycles. The lowest BCUT2D eigenvalue weighted by molar-refractivity contribution is 0.269. The summed E-state index contributed by atoms with van der Waals surface area (Å²) in [5, 5.41) is 16.8. The largest absolute Gasteiger partial charge is 0.497 e. The molecular weight excluding hydrogens is 302 g/mol. The van der Waals surface area contributed by atoms with Crippen LogP contribution in [0.1, 0.15) is 17.2 Å². The lowest BCUT2D eigenvalue weighted by atomic mass is 9.98. The van der Waals surface area contributed by atoms with E-state index in [-0.39, 0.29) is 12.6 Å². The van der Waals surface area contributed by atoms with E-state index in [2.05, 4.69) is 34.7 Å². The van der Waals surface area contributed by atoms with Gasteiger partial charge in [0, 0.05) is 6.20 Å². The third-order valence-corrected chi connectivity index (χ3v) is 3.86. The fraction of sp³-hybridized carbons (Fsp3) is 0.211. The van der Waals surface area contributed by atoms with Gasteiger partial charge in [-0.25, -0.2) is 0 Å². The van der Waals surface area contributed by atoms with Crippen LogP contribution in [0.5, 0.6) is 5.75 Å². The maximum absolute atomic E-state index is 9.02. The average Bonchev–Trinajstić information content (AvgIpc) is 3.08. The molecule has 3 rings (SSSR count). The van der Waals surface area contributed by atoms with Crippen LogP contribution in [0.4, 0.5) is 5.69 Å². The van der Waals surface area contributed by atoms with Crippen molar-refractivity contribution in [2.75, 3.05) is 19.0 Å². The molecular formula is C19H21N3O2. The van der Waals surface area contributed by atoms with E-state index in [0.29, 0.717) is 6.54 Å². The molecule has 0 saturated heterocycles. The number of aliphatic hydroxyl groups is 1. The van der Waals surface area contributed by atoms with Crippen molar-refractivity contribution in [1.82, 2.24) is 9.78 Å². The van der Waals surface area contributed by atoms with E-state index < -0.39 is 0 Å². The van der Waals surface area contributed by atoms with Crippen molar-refractivity contribution in [2.45, 2.75) is 12.6 Å². The van der Waals surface area contributed by atoms with Crippen molar-refractivity contribution in [1.29, 1.82) is 0 Å². The number of nitrogens with zero attached hydrogens (tertiary/aromatic N) is 2. The van der Waals surface area contributed by atoms with Gasteiger partial charge in [-0.3, -0.25) is 4.68 Å². The summed E-state index contributed by atoms with van der Waals surface area (Å²) in [5.74, 6) is 0.835. The SMILES string of the molecule is COc1ccc(C(Nc2cnn(CCO)c2)c2ccccc2)cc1. The molecule has 0 aliphatic carbocycles. The number of hydrogen-bond donors (Lipinski definition) is 2. The second-order valence-corrected chi connectivity index (χ2v) is 5.48. The Labute approximate surface area is 141 Å². The number of aromatic nitrogens is 2. The quantitative estimate of drug-likeness (QED) is 0.701. The van der Waals surface area contributed by atoms with Gasteiger partial charge in [-0.05, 0) is 23.3 Å². The first-order chi connectivity index (χ1) is 11.8. The Balaban J connectivity index is 1.89. The summed E-state index contributed by atoms with van der Waals surface area (Å²) < 4.78 is 6.97. The Morgan fingerprint density at radius 2 is 1.79 bits per heavy atom. The van der Waals surface area contributed by atoms with Gasteiger partial charge in [0.2, 0.25) is 0 Å². The molecule has 1 atom stereocenters. The molecule has 1 aromatic heterocycles. The topological polar surface area (TPSA) is 59.3 Å². The van der Waals surface area contributed by atoms with Crippen LogP contribution in [-0.2, 0) is 6.54 Å². The highest BCUT2D eigenvalue weighted by Crippen LogP contribution is 2.27. The van der Waals surface area contributed by atoms with Crippen LogP contribution in [-0.4, -0.2) is 28.6 Å². The first-order valence-corrected chi connectivity index (χ1v) is 7.89. The summed E-state index contributed by atoms with van der Waals surface area (Å²) in [4.78, 5) is 0. The molecule has 1 heterocycles. The van der Waals surface area contributed by atoms with Crippen molar-refractivity contribution in [3.63, 3.8) is 0 Å². The van der Waals surface area contributed by atoms with Crippen molar-refractivity contribution >= 4 is 5.69 Å². The van der Waals surface area contributed by atoms with E-state index in [0.717, 1.165) is 22.6 Å². The van der Waals surface area contributed by atoms with Crippen LogP contribution in [0.2, 0.25) is 0 Å². The Bertz CT molecular complexity index is 754. The first-order valence-electron chi connectivity index (χ1n) is 7.89. The zero-order chi connectivity index (χ0) is 16.8. The van der Waals surface area contributed by atoms with Gasteiger partial charge in [0.25, 0.3) is 0 Å². The van der Waals surface area contributed by atoms with E-state index in [1.54, 1.807) is 18.0 Å². The zero-order valence-electron chi connectivity index (χ0n) is 13.6. The molecule has 0 fully saturated rings. The van der Waals surface area contributed by atoms with Gasteiger partial charge in [0.1, 0.15) is 5.75 Å². The maximum atomic E-state index is 9.02. The minimum Gasteiger partial charge on any atom is -0.497 e. The molecule has 124 valence electrons. The fourth-order valence-electron chi connectivity index (χ4n) is 2.63. The molecule has 24 heavy (non-hydrogen) atoms. The smallest absolute Gasteiger partial charge is 0.118 e. The Morgan fingerprint density at radius 1 is 1.08 bits per heavy atom. The van der Waals surface area contributed by atoms with Gasteiger partial charge in [-0.15, -0.1) is 0 Å². The standard InChI is InChI=1S/C19H21N3O2/c1-24-18-9-7-16(8-10-18)19(15-5-3-2-4-6-15)21-17-13-20-22(14-17)11-12-23/h2-10,13-14,19,21,23H,11-12H2,1H3. The van der Waals surface area contributed by atoms with Crippen molar-refractivity contribution in [3.05, 3.63) is 78.1 Å². The molecule has 0 radical (unpaired) electrons. The molecule has 5 heteroatoms. The monoisotopic (exact) mass is 323 g/mol. The van der Waals surface area contributed by atoms with Crippen molar-refractivity contribution < 1.29 is 9.84 Å². The molecule has 1 unspecified atom stereocenters. The summed E-state index contributed by atoms with van der Waals surface area (Å²) in [7, 11) is 1.66. The van der Waals surface area contributed by atoms with Gasteiger partial charge >= 0.3 is 0 Å². The third-order valence-electron chi connectivity index (χ3n) is 3.86. The van der Waals surface area contributed by atoms with E-state index >= 15 is 0 Å². The molecule has 0 spiro atoms. The lowest BCUT2D eigenvalue weighted by Gasteiger charge is -2.20. The molecule has 2 N–H and O–H groups in total. The number of aliphatic hydroxyl groups excluding tert-OH is 1. The number of anilines is 1. The third kappa shape index (κ3) is 3.75. The van der Waals surface area contributed by atoms with E-state index in [1.807, 2.05) is 36.5 Å². The summed E-state index contributed by atoms with van der Waals surface area (Å²) in [6.07, 6.45) is 3.67. The fourth-order valence-corrected chi connectivity index (χ4v) is 2.63. The van der Waals surface area contributed by atoms with Gasteiger partial charge in [-0.2, -0.15) is 5.10 Å². The normalized spacial score (nSPS) is 11.9. The molecule has 0 amide bonds. The Hall–Kier alpha value is -2.79. The van der Waals surface area contributed by atoms with E-state index in [1.165, 1.54) is 0 Å². The van der Waals surface area contributed by atoms with E-state index in [9.17, 15) is 0 Å². The van der Waals surface area contributed by atoms with Gasteiger partial charge in [-0.1, -0.05) is 42.5 Å². The van der Waals surface area contributed by atoms with Gasteiger partial charge < -0.3 is 15.2 Å². The van der Waals surface area contributed by atoms with Crippen LogP contribution in [0.15, 0.2) is 67.0 Å². The molecule has 0 bridgehead atoms. The number of benzene rings is 2. The minimum absolute atomic E-state index is 0.00360. The molecule has 0 aliphatic rings. The van der Waals surface area contributed by atoms with Gasteiger partial charge in [0.05, 0.1) is 38.2 Å². The van der Waals surface area contributed by atoms with Crippen LogP contribution in [0, 0.1) is 0 Å². The second kappa shape index (κ2) is 7.66. The molecule has 0 saturated carbocycles. The summed E-state index contributed by atoms with van der Waals surface area (Å²) in [5.41, 5.74) is 3.21. The summed E-state index contributed by atoms with van der Waals surface area (Å²) >= 11 is 0. The predicted molar refractivity (Wildman–Crippen MR) is 94.2 cm³/mol. The number of ether oxygens (including phenoxy) is 1. The highest BCUT2D eigenvalue weighted by Gasteiger charge is 2.15. The highest BCUT2D eigenvalue weighted by molar-refractivity contribution is 5.47. The minimum atomic E-state index is 0.00360. The average molecular weight is 323 g/mol. The van der Waals surface area contributed by atoms with Crippen LogP contribution in [0.25, 0.3) is 0 Å². The number of methoxy groups -OCH3 is 1. The number of rotatable bonds is 7. The highest BCUT2D eigenvalue weighted by atomic mass is 16.5. The number of hydrogen-bond acceptors (Lipinski definition) is 4. The van der Waals surface area contributed by atoms with Crippen LogP contribution < -0.4 is 10.1 Å². The molecule has 3 aromatic rings. The Kier molecular flexibility index (Phi) is 5.13. The summed E-state index contributed by atoms with van der Waals surface area (Å²) in [6, 6.07) is 18.3. The molecule has 2 aromatic carbocycles. The van der Waals surface area contributed by atoms with Crippen molar-refractivity contribution in [2.24, 2.45) is 0 Å². The summed E-state index contributed by atoms with van der Waals surface area (Å²) in [6.45, 7) is 0.557. The lowest BCUT2D eigenvalue weighted by Crippen LogP contribution is -2.12. The molecule has 5 nitrogen and oxygen atoms in total. The maximum Gasteiger partial charge on any atom is 0.118 e. The first kappa shape index (κ1) is 16.1. The van der Waals surface area contributed by atoms with Crippen LogP contribution >= 0.6 is 0 Å². The second-order valence-electron chi connectivity index (χ2n) is 5.48.